The Balaban J connectivity index is 0.916. The fraction of sp³-hybridized carbons (Fsp3) is 0.364. The molecule has 0 spiro atoms. The normalized spacial score (nSPS) is 13.2. The molecule has 0 saturated heterocycles. The lowest BCUT2D eigenvalue weighted by Gasteiger charge is -2.28. The maximum atomic E-state index is 12.6. The first-order chi connectivity index (χ1) is 27.9. The van der Waals surface area contributed by atoms with Crippen molar-refractivity contribution in [3.8, 4) is 68.6 Å². The summed E-state index contributed by atoms with van der Waals surface area (Å²) in [6, 6.07) is 22.4. The predicted molar refractivity (Wildman–Crippen MR) is 217 cm³/mol. The van der Waals surface area contributed by atoms with E-state index in [9.17, 15) is 4.79 Å². The van der Waals surface area contributed by atoms with Gasteiger partial charge in [0.1, 0.15) is 11.9 Å². The largest absolute Gasteiger partial charge is 0.493 e. The fourth-order valence-corrected chi connectivity index (χ4v) is 6.74. The number of carbonyl (C=O) groups excluding carboxylic acids is 1. The molecule has 0 aliphatic carbocycles. The van der Waals surface area contributed by atoms with Crippen LogP contribution in [0, 0.1) is 0 Å². The molecule has 1 aliphatic rings. The van der Waals surface area contributed by atoms with E-state index in [1.807, 2.05) is 66.7 Å². The monoisotopic (exact) mass is 781 g/mol. The number of hydrogen-bond acceptors (Lipinski definition) is 12. The number of benzene rings is 4. The summed E-state index contributed by atoms with van der Waals surface area (Å²) in [5.74, 6) is 4.88. The highest BCUT2D eigenvalue weighted by molar-refractivity contribution is 6.01. The molecule has 1 atom stereocenters. The van der Waals surface area contributed by atoms with E-state index in [-0.39, 0.29) is 12.1 Å². The molecule has 0 bridgehead atoms. The highest BCUT2D eigenvalue weighted by atomic mass is 16.5. The van der Waals surface area contributed by atoms with Gasteiger partial charge in [-0.3, -0.25) is 4.79 Å². The number of ether oxygens (including phenoxy) is 8. The second kappa shape index (κ2) is 19.6. The highest BCUT2D eigenvalue weighted by Gasteiger charge is 2.25. The molecular formula is C44H51N3O10. The van der Waals surface area contributed by atoms with Gasteiger partial charge in [-0.2, -0.15) is 0 Å². The van der Waals surface area contributed by atoms with Crippen molar-refractivity contribution in [3.05, 3.63) is 83.9 Å². The Hall–Kier alpha value is -6.24. The summed E-state index contributed by atoms with van der Waals surface area (Å²) in [7, 11) is 9.52. The predicted octanol–water partition coefficient (Wildman–Crippen LogP) is 9.10. The van der Waals surface area contributed by atoms with E-state index in [0.717, 1.165) is 67.3 Å². The van der Waals surface area contributed by atoms with Crippen molar-refractivity contribution >= 4 is 11.6 Å². The topological polar surface area (TPSA) is 141 Å². The Morgan fingerprint density at radius 1 is 0.561 bits per heavy atom. The number of rotatable bonds is 21. The Morgan fingerprint density at radius 2 is 1.14 bits per heavy atom. The van der Waals surface area contributed by atoms with E-state index in [0.29, 0.717) is 76.2 Å². The van der Waals surface area contributed by atoms with Crippen LogP contribution in [0.25, 0.3) is 22.6 Å². The summed E-state index contributed by atoms with van der Waals surface area (Å²) in [5.41, 5.74) is 4.38. The number of unbranched alkanes of at least 4 members (excludes halogenated alkanes) is 6. The number of hydrogen-bond donors (Lipinski definition) is 2. The molecular weight excluding hydrogens is 730 g/mol. The molecule has 1 aliphatic heterocycles. The Morgan fingerprint density at radius 3 is 1.77 bits per heavy atom. The minimum atomic E-state index is -0.357. The molecule has 1 amide bonds. The van der Waals surface area contributed by atoms with Crippen LogP contribution in [-0.2, 0) is 0 Å². The lowest BCUT2D eigenvalue weighted by Crippen LogP contribution is -2.38. The molecule has 302 valence electrons. The van der Waals surface area contributed by atoms with Crippen LogP contribution in [0.5, 0.6) is 46.0 Å². The van der Waals surface area contributed by atoms with Crippen molar-refractivity contribution in [1.82, 2.24) is 10.5 Å². The van der Waals surface area contributed by atoms with Crippen LogP contribution in [0.4, 0.5) is 5.69 Å². The van der Waals surface area contributed by atoms with Crippen LogP contribution >= 0.6 is 0 Å². The van der Waals surface area contributed by atoms with Gasteiger partial charge in [-0.1, -0.05) is 55.5 Å². The standard InChI is InChI=1S/C44H51N3O10/c1-49-36-22-28(43-45-32-17-13-12-16-31(32)44(48)46-43)18-19-34(36)55-20-14-10-8-7-9-11-15-21-56-42-39(52-4)25-30(26-40(42)53-5)35-27-33(47-57-35)29-23-37(50-2)41(54-6)38(24-29)51-3/h12-13,16-19,22-27,43,45H,7-11,14-15,20-21H2,1-6H3,(H,46,48). The van der Waals surface area contributed by atoms with Crippen molar-refractivity contribution in [2.45, 2.75) is 51.1 Å². The molecule has 13 heteroatoms. The van der Waals surface area contributed by atoms with E-state index >= 15 is 0 Å². The second-order valence-electron chi connectivity index (χ2n) is 13.4. The number of fused-ring (bicyclic) bond motifs is 1. The summed E-state index contributed by atoms with van der Waals surface area (Å²) < 4.78 is 51.5. The van der Waals surface area contributed by atoms with E-state index < -0.39 is 0 Å². The number of amides is 1. The minimum Gasteiger partial charge on any atom is -0.493 e. The van der Waals surface area contributed by atoms with Crippen LogP contribution in [0.2, 0.25) is 0 Å². The summed E-state index contributed by atoms with van der Waals surface area (Å²) in [4.78, 5) is 12.6. The number of methoxy groups -OCH3 is 6. The summed E-state index contributed by atoms with van der Waals surface area (Å²) in [5, 5.41) is 10.7. The number of nitrogens with one attached hydrogen (secondary N) is 2. The Labute approximate surface area is 333 Å². The lowest BCUT2D eigenvalue weighted by atomic mass is 10.1. The highest BCUT2D eigenvalue weighted by Crippen LogP contribution is 2.44. The third-order valence-corrected chi connectivity index (χ3v) is 9.78. The first-order valence-electron chi connectivity index (χ1n) is 19.0. The first kappa shape index (κ1) is 40.4. The molecule has 1 unspecified atom stereocenters. The van der Waals surface area contributed by atoms with Crippen molar-refractivity contribution in [2.24, 2.45) is 0 Å². The summed E-state index contributed by atoms with van der Waals surface area (Å²) in [6.07, 6.45) is 6.99. The molecule has 5 aromatic rings. The molecule has 2 heterocycles. The van der Waals surface area contributed by atoms with Gasteiger partial charge in [0.2, 0.25) is 11.5 Å². The summed E-state index contributed by atoms with van der Waals surface area (Å²) >= 11 is 0. The molecule has 1 aromatic heterocycles. The molecule has 2 N–H and O–H groups in total. The Bertz CT molecular complexity index is 2070. The minimum absolute atomic E-state index is 0.110. The third kappa shape index (κ3) is 9.60. The van der Waals surface area contributed by atoms with Gasteiger partial charge >= 0.3 is 0 Å². The maximum Gasteiger partial charge on any atom is 0.255 e. The molecule has 0 radical (unpaired) electrons. The van der Waals surface area contributed by atoms with Crippen molar-refractivity contribution in [2.75, 3.05) is 61.2 Å². The molecule has 6 rings (SSSR count). The Kier molecular flexibility index (Phi) is 13.9. The van der Waals surface area contributed by atoms with E-state index in [2.05, 4.69) is 15.8 Å². The summed E-state index contributed by atoms with van der Waals surface area (Å²) in [6.45, 7) is 1.13. The average Bonchev–Trinajstić information content (AvgIpc) is 3.75. The van der Waals surface area contributed by atoms with Crippen molar-refractivity contribution in [1.29, 1.82) is 0 Å². The van der Waals surface area contributed by atoms with Crippen molar-refractivity contribution in [3.63, 3.8) is 0 Å². The van der Waals surface area contributed by atoms with Gasteiger partial charge in [-0.15, -0.1) is 0 Å². The smallest absolute Gasteiger partial charge is 0.255 e. The molecule has 13 nitrogen and oxygen atoms in total. The van der Waals surface area contributed by atoms with E-state index in [4.69, 9.17) is 42.4 Å². The number of aromatic nitrogens is 1. The van der Waals surface area contributed by atoms with E-state index in [1.165, 1.54) is 0 Å². The van der Waals surface area contributed by atoms with Gasteiger partial charge < -0.3 is 53.1 Å². The zero-order valence-corrected chi connectivity index (χ0v) is 33.4. The molecule has 57 heavy (non-hydrogen) atoms. The fourth-order valence-electron chi connectivity index (χ4n) is 6.74. The maximum absolute atomic E-state index is 12.6. The molecule has 0 fully saturated rings. The van der Waals surface area contributed by atoms with Crippen LogP contribution in [0.15, 0.2) is 77.3 Å². The molecule has 4 aromatic carbocycles. The number of para-hydroxylation sites is 1. The van der Waals surface area contributed by atoms with Gasteiger partial charge in [-0.05, 0) is 66.9 Å². The van der Waals surface area contributed by atoms with Crippen LogP contribution in [0.1, 0.15) is 67.0 Å². The number of nitrogens with zero attached hydrogens (tertiary/aromatic N) is 1. The first-order valence-corrected chi connectivity index (χ1v) is 19.0. The van der Waals surface area contributed by atoms with Crippen molar-refractivity contribution < 1.29 is 47.2 Å². The quantitative estimate of drug-likeness (QED) is 0.0686. The number of carbonyl (C=O) groups is 1. The van der Waals surface area contributed by atoms with Gasteiger partial charge in [0.25, 0.3) is 5.91 Å². The molecule has 0 saturated carbocycles. The lowest BCUT2D eigenvalue weighted by molar-refractivity contribution is 0.0935. The van der Waals surface area contributed by atoms with Gasteiger partial charge in [0.05, 0.1) is 61.4 Å². The second-order valence-corrected chi connectivity index (χ2v) is 13.4. The SMILES string of the molecule is COc1cc(C2NC(=O)c3ccccc3N2)ccc1OCCCCCCCCCOc1c(OC)cc(-c2cc(-c3cc(OC)c(OC)c(OC)c3)no2)cc1OC. The van der Waals surface area contributed by atoms with Gasteiger partial charge in [-0.25, -0.2) is 0 Å². The van der Waals surface area contributed by atoms with E-state index in [1.54, 1.807) is 48.7 Å². The zero-order valence-electron chi connectivity index (χ0n) is 33.4. The van der Waals surface area contributed by atoms with Gasteiger partial charge in [0, 0.05) is 22.9 Å². The average molecular weight is 782 g/mol. The van der Waals surface area contributed by atoms with Crippen LogP contribution in [0.3, 0.4) is 0 Å². The zero-order chi connectivity index (χ0) is 40.1. The number of anilines is 1. The van der Waals surface area contributed by atoms with Gasteiger partial charge in [0.15, 0.2) is 40.3 Å². The third-order valence-electron chi connectivity index (χ3n) is 9.78. The van der Waals surface area contributed by atoms with Crippen LogP contribution < -0.4 is 48.5 Å². The van der Waals surface area contributed by atoms with Crippen LogP contribution in [-0.4, -0.2) is 66.9 Å².